The zero-order chi connectivity index (χ0) is 17.2. The molecule has 25 heavy (non-hydrogen) atoms. The first-order valence-corrected chi connectivity index (χ1v) is 8.34. The Morgan fingerprint density at radius 2 is 2.04 bits per heavy atom. The van der Waals surface area contributed by atoms with E-state index >= 15 is 0 Å². The molecule has 1 aliphatic rings. The van der Waals surface area contributed by atoms with Crippen LogP contribution in [0.15, 0.2) is 41.2 Å². The van der Waals surface area contributed by atoms with Gasteiger partial charge in [-0.25, -0.2) is 4.98 Å². The Morgan fingerprint density at radius 1 is 1.20 bits per heavy atom. The number of carbonyl (C=O) groups is 1. The summed E-state index contributed by atoms with van der Waals surface area (Å²) in [5, 5.41) is 4.67. The van der Waals surface area contributed by atoms with Gasteiger partial charge in [-0.1, -0.05) is 11.2 Å². The van der Waals surface area contributed by atoms with E-state index in [9.17, 15) is 4.79 Å². The molecule has 128 valence electrons. The summed E-state index contributed by atoms with van der Waals surface area (Å²) < 4.78 is 5.10. The minimum Gasteiger partial charge on any atom is -0.336 e. The standard InChI is InChI=1S/C18H19N5O2/c1-13-16-10-14(11-20-17(16)25-21-13)18(24)23-8-6-22(7-9-23)12-15-4-2-3-5-19-15/h2-5,10-11H,6-9,12H2,1H3. The second kappa shape index (κ2) is 6.60. The third-order valence-corrected chi connectivity index (χ3v) is 4.53. The first-order valence-electron chi connectivity index (χ1n) is 8.34. The van der Waals surface area contributed by atoms with Gasteiger partial charge in [-0.3, -0.25) is 14.7 Å². The van der Waals surface area contributed by atoms with Gasteiger partial charge in [0.15, 0.2) is 0 Å². The lowest BCUT2D eigenvalue weighted by Gasteiger charge is -2.34. The van der Waals surface area contributed by atoms with Crippen LogP contribution in [0, 0.1) is 6.92 Å². The number of amides is 1. The molecule has 1 amide bonds. The van der Waals surface area contributed by atoms with Gasteiger partial charge in [-0.15, -0.1) is 0 Å². The maximum Gasteiger partial charge on any atom is 0.257 e. The summed E-state index contributed by atoms with van der Waals surface area (Å²) in [7, 11) is 0. The summed E-state index contributed by atoms with van der Waals surface area (Å²) in [4.78, 5) is 25.5. The van der Waals surface area contributed by atoms with Crippen molar-refractivity contribution in [1.29, 1.82) is 0 Å². The highest BCUT2D eigenvalue weighted by atomic mass is 16.5. The molecule has 0 bridgehead atoms. The van der Waals surface area contributed by atoms with E-state index < -0.39 is 0 Å². The van der Waals surface area contributed by atoms with Crippen LogP contribution in [0.3, 0.4) is 0 Å². The molecule has 3 aromatic heterocycles. The van der Waals surface area contributed by atoms with E-state index in [-0.39, 0.29) is 5.91 Å². The molecular weight excluding hydrogens is 318 g/mol. The molecule has 1 saturated heterocycles. The predicted octanol–water partition coefficient (Wildman–Crippen LogP) is 1.88. The van der Waals surface area contributed by atoms with Crippen LogP contribution in [0.5, 0.6) is 0 Å². The normalized spacial score (nSPS) is 15.6. The lowest BCUT2D eigenvalue weighted by Crippen LogP contribution is -2.48. The van der Waals surface area contributed by atoms with Crippen LogP contribution in [0.2, 0.25) is 0 Å². The second-order valence-corrected chi connectivity index (χ2v) is 6.23. The minimum atomic E-state index is 0.00693. The number of aromatic nitrogens is 3. The van der Waals surface area contributed by atoms with Gasteiger partial charge in [-0.2, -0.15) is 0 Å². The SMILES string of the molecule is Cc1noc2ncc(C(=O)N3CCN(Cc4ccccn4)CC3)cc12. The highest BCUT2D eigenvalue weighted by Crippen LogP contribution is 2.18. The first-order chi connectivity index (χ1) is 12.2. The number of hydrogen-bond acceptors (Lipinski definition) is 6. The van der Waals surface area contributed by atoms with Crippen molar-refractivity contribution in [3.05, 3.63) is 53.6 Å². The third-order valence-electron chi connectivity index (χ3n) is 4.53. The smallest absolute Gasteiger partial charge is 0.257 e. The van der Waals surface area contributed by atoms with E-state index in [0.29, 0.717) is 24.4 Å². The highest BCUT2D eigenvalue weighted by molar-refractivity contribution is 5.97. The van der Waals surface area contributed by atoms with Gasteiger partial charge in [0.25, 0.3) is 11.6 Å². The molecule has 0 aliphatic carbocycles. The number of pyridine rings is 2. The Morgan fingerprint density at radius 3 is 2.80 bits per heavy atom. The molecule has 4 heterocycles. The first kappa shape index (κ1) is 15.7. The number of carbonyl (C=O) groups excluding carboxylic acids is 1. The number of rotatable bonds is 3. The van der Waals surface area contributed by atoms with Crippen LogP contribution in [0.25, 0.3) is 11.1 Å². The fourth-order valence-electron chi connectivity index (χ4n) is 3.07. The Hall–Kier alpha value is -2.80. The number of fused-ring (bicyclic) bond motifs is 1. The van der Waals surface area contributed by atoms with Crippen molar-refractivity contribution in [3.63, 3.8) is 0 Å². The van der Waals surface area contributed by atoms with Gasteiger partial charge >= 0.3 is 0 Å². The van der Waals surface area contributed by atoms with Crippen molar-refractivity contribution >= 4 is 17.0 Å². The fraction of sp³-hybridized carbons (Fsp3) is 0.333. The van der Waals surface area contributed by atoms with E-state index in [1.807, 2.05) is 42.3 Å². The van der Waals surface area contributed by atoms with Crippen molar-refractivity contribution in [3.8, 4) is 0 Å². The molecule has 1 aliphatic heterocycles. The van der Waals surface area contributed by atoms with Crippen molar-refractivity contribution in [2.45, 2.75) is 13.5 Å². The van der Waals surface area contributed by atoms with E-state index in [4.69, 9.17) is 4.52 Å². The summed E-state index contributed by atoms with van der Waals surface area (Å²) in [6.45, 7) is 5.74. The van der Waals surface area contributed by atoms with Crippen LogP contribution >= 0.6 is 0 Å². The van der Waals surface area contributed by atoms with Crippen LogP contribution in [-0.4, -0.2) is 57.0 Å². The van der Waals surface area contributed by atoms with Gasteiger partial charge < -0.3 is 9.42 Å². The topological polar surface area (TPSA) is 75.4 Å². The third kappa shape index (κ3) is 3.23. The van der Waals surface area contributed by atoms with Crippen LogP contribution in [0.4, 0.5) is 0 Å². The van der Waals surface area contributed by atoms with E-state index in [2.05, 4.69) is 20.0 Å². The number of aryl methyl sites for hydroxylation is 1. The summed E-state index contributed by atoms with van der Waals surface area (Å²) in [5.74, 6) is 0.00693. The number of piperazine rings is 1. The molecule has 7 heteroatoms. The van der Waals surface area contributed by atoms with Gasteiger partial charge in [-0.05, 0) is 25.1 Å². The molecule has 1 fully saturated rings. The van der Waals surface area contributed by atoms with Crippen LogP contribution in [-0.2, 0) is 6.54 Å². The Bertz CT molecular complexity index is 885. The maximum atomic E-state index is 12.7. The zero-order valence-corrected chi connectivity index (χ0v) is 14.1. The van der Waals surface area contributed by atoms with E-state index in [1.54, 1.807) is 6.20 Å². The average molecular weight is 337 g/mol. The Labute approximate surface area is 145 Å². The fourth-order valence-corrected chi connectivity index (χ4v) is 3.07. The molecular formula is C18H19N5O2. The molecule has 0 saturated carbocycles. The van der Waals surface area contributed by atoms with Crippen molar-refractivity contribution in [2.75, 3.05) is 26.2 Å². The predicted molar refractivity (Wildman–Crippen MR) is 92.0 cm³/mol. The quantitative estimate of drug-likeness (QED) is 0.726. The Kier molecular flexibility index (Phi) is 4.15. The molecule has 3 aromatic rings. The van der Waals surface area contributed by atoms with Gasteiger partial charge in [0, 0.05) is 45.1 Å². The molecule has 0 unspecified atom stereocenters. The maximum absolute atomic E-state index is 12.7. The van der Waals surface area contributed by atoms with Crippen molar-refractivity contribution in [1.82, 2.24) is 24.9 Å². The highest BCUT2D eigenvalue weighted by Gasteiger charge is 2.23. The zero-order valence-electron chi connectivity index (χ0n) is 14.1. The summed E-state index contributed by atoms with van der Waals surface area (Å²) in [5.41, 5.74) is 2.85. The van der Waals surface area contributed by atoms with Gasteiger partial charge in [0.05, 0.1) is 22.3 Å². The summed E-state index contributed by atoms with van der Waals surface area (Å²) in [6, 6.07) is 7.76. The number of nitrogens with zero attached hydrogens (tertiary/aromatic N) is 5. The lowest BCUT2D eigenvalue weighted by molar-refractivity contribution is 0.0627. The van der Waals surface area contributed by atoms with Crippen molar-refractivity contribution < 1.29 is 9.32 Å². The molecule has 0 spiro atoms. The lowest BCUT2D eigenvalue weighted by atomic mass is 10.1. The van der Waals surface area contributed by atoms with Gasteiger partial charge in [0.2, 0.25) is 0 Å². The minimum absolute atomic E-state index is 0.00693. The molecule has 0 atom stereocenters. The van der Waals surface area contributed by atoms with Gasteiger partial charge in [0.1, 0.15) is 0 Å². The van der Waals surface area contributed by atoms with E-state index in [0.717, 1.165) is 36.4 Å². The monoisotopic (exact) mass is 337 g/mol. The molecule has 0 N–H and O–H groups in total. The van der Waals surface area contributed by atoms with E-state index in [1.165, 1.54) is 0 Å². The molecule has 7 nitrogen and oxygen atoms in total. The van der Waals surface area contributed by atoms with Crippen LogP contribution < -0.4 is 0 Å². The second-order valence-electron chi connectivity index (χ2n) is 6.23. The molecule has 0 radical (unpaired) electrons. The largest absolute Gasteiger partial charge is 0.336 e. The molecule has 0 aromatic carbocycles. The average Bonchev–Trinajstić information content (AvgIpc) is 3.03. The molecule has 4 rings (SSSR count). The number of hydrogen-bond donors (Lipinski definition) is 0. The summed E-state index contributed by atoms with van der Waals surface area (Å²) in [6.07, 6.45) is 3.38. The van der Waals surface area contributed by atoms with Crippen LogP contribution in [0.1, 0.15) is 21.7 Å². The van der Waals surface area contributed by atoms with Crippen molar-refractivity contribution in [2.24, 2.45) is 0 Å². The Balaban J connectivity index is 1.41. The summed E-state index contributed by atoms with van der Waals surface area (Å²) >= 11 is 0.